The minimum absolute atomic E-state index is 0.0635. The number of nitrogens with zero attached hydrogens (tertiary/aromatic N) is 1. The zero-order chi connectivity index (χ0) is 19.7. The molecule has 2 aromatic rings. The fourth-order valence-corrected chi connectivity index (χ4v) is 3.26. The molecule has 1 N–H and O–H groups in total. The van der Waals surface area contributed by atoms with Crippen LogP contribution in [0, 0.1) is 20.8 Å². The quantitative estimate of drug-likeness (QED) is 0.665. The van der Waals surface area contributed by atoms with E-state index in [2.05, 4.69) is 5.32 Å². The minimum Gasteiger partial charge on any atom is -0.465 e. The molecule has 0 aliphatic carbocycles. The average Bonchev–Trinajstić information content (AvgIpc) is 2.90. The summed E-state index contributed by atoms with van der Waals surface area (Å²) in [5.74, 6) is -0.996. The second kappa shape index (κ2) is 7.23. The summed E-state index contributed by atoms with van der Waals surface area (Å²) < 4.78 is 4.74. The molecule has 140 valence electrons. The highest BCUT2D eigenvalue weighted by molar-refractivity contribution is 6.23. The smallest absolute Gasteiger partial charge is 0.337 e. The Balaban J connectivity index is 1.87. The molecule has 1 heterocycles. The van der Waals surface area contributed by atoms with Crippen molar-refractivity contribution in [2.24, 2.45) is 0 Å². The third-order valence-electron chi connectivity index (χ3n) is 4.73. The highest BCUT2D eigenvalue weighted by Gasteiger charge is 2.40. The number of hydrogen-bond acceptors (Lipinski definition) is 5. The molecular weight excluding hydrogens is 344 g/mol. The van der Waals surface area contributed by atoms with Crippen LogP contribution >= 0.6 is 0 Å². The Morgan fingerprint density at radius 2 is 1.81 bits per heavy atom. The molecule has 1 atom stereocenters. The zero-order valence-corrected chi connectivity index (χ0v) is 15.8. The highest BCUT2D eigenvalue weighted by Crippen LogP contribution is 2.29. The van der Waals surface area contributed by atoms with Crippen LogP contribution in [0.4, 0.5) is 11.4 Å². The number of ether oxygens (including phenoxy) is 1. The van der Waals surface area contributed by atoms with Gasteiger partial charge in [-0.15, -0.1) is 0 Å². The number of esters is 1. The Labute approximate surface area is 158 Å². The molecule has 1 aliphatic rings. The fraction of sp³-hybridized carbons (Fsp3) is 0.286. The van der Waals surface area contributed by atoms with Crippen LogP contribution in [0.1, 0.15) is 33.5 Å². The molecule has 3 rings (SSSR count). The number of rotatable bonds is 4. The first kappa shape index (κ1) is 18.6. The maximum absolute atomic E-state index is 12.9. The molecule has 6 nitrogen and oxygen atoms in total. The number of hydrogen-bond donors (Lipinski definition) is 1. The fourth-order valence-electron chi connectivity index (χ4n) is 3.26. The van der Waals surface area contributed by atoms with E-state index in [9.17, 15) is 14.4 Å². The van der Waals surface area contributed by atoms with Gasteiger partial charge >= 0.3 is 5.97 Å². The summed E-state index contributed by atoms with van der Waals surface area (Å²) in [7, 11) is 1.32. The average molecular weight is 366 g/mol. The van der Waals surface area contributed by atoms with Gasteiger partial charge in [0.25, 0.3) is 5.91 Å². The highest BCUT2D eigenvalue weighted by atomic mass is 16.5. The van der Waals surface area contributed by atoms with Gasteiger partial charge in [0.15, 0.2) is 0 Å². The predicted molar refractivity (Wildman–Crippen MR) is 103 cm³/mol. The zero-order valence-electron chi connectivity index (χ0n) is 15.8. The van der Waals surface area contributed by atoms with Crippen molar-refractivity contribution in [2.75, 3.05) is 17.3 Å². The van der Waals surface area contributed by atoms with Crippen LogP contribution in [0.25, 0.3) is 0 Å². The topological polar surface area (TPSA) is 75.7 Å². The van der Waals surface area contributed by atoms with Crippen molar-refractivity contribution in [1.29, 1.82) is 0 Å². The summed E-state index contributed by atoms with van der Waals surface area (Å²) in [5.41, 5.74) is 4.44. The van der Waals surface area contributed by atoms with Crippen LogP contribution in [0.5, 0.6) is 0 Å². The van der Waals surface area contributed by atoms with E-state index in [-0.39, 0.29) is 18.2 Å². The van der Waals surface area contributed by atoms with Crippen LogP contribution in [-0.4, -0.2) is 30.9 Å². The van der Waals surface area contributed by atoms with E-state index >= 15 is 0 Å². The molecule has 1 saturated heterocycles. The molecule has 0 aromatic heterocycles. The Morgan fingerprint density at radius 1 is 1.07 bits per heavy atom. The Hall–Kier alpha value is -3.15. The van der Waals surface area contributed by atoms with Crippen molar-refractivity contribution < 1.29 is 19.1 Å². The van der Waals surface area contributed by atoms with Crippen molar-refractivity contribution in [3.63, 3.8) is 0 Å². The number of aryl methyl sites for hydroxylation is 3. The molecule has 6 heteroatoms. The lowest BCUT2D eigenvalue weighted by Gasteiger charge is -2.19. The van der Waals surface area contributed by atoms with E-state index in [0.29, 0.717) is 16.9 Å². The molecule has 0 spiro atoms. The van der Waals surface area contributed by atoms with Gasteiger partial charge in [-0.05, 0) is 50.1 Å². The summed E-state index contributed by atoms with van der Waals surface area (Å²) in [6.07, 6.45) is 0.0635. The lowest BCUT2D eigenvalue weighted by Crippen LogP contribution is -2.35. The lowest BCUT2D eigenvalue weighted by molar-refractivity contribution is -0.121. The minimum atomic E-state index is -0.676. The predicted octanol–water partition coefficient (Wildman–Crippen LogP) is 3.14. The van der Waals surface area contributed by atoms with Crippen LogP contribution in [0.15, 0.2) is 36.4 Å². The summed E-state index contributed by atoms with van der Waals surface area (Å²) in [4.78, 5) is 38.4. The SMILES string of the molecule is COC(=O)c1ccc(C)c(NC2CC(=O)N(c3ccc(C)cc3C)C2=O)c1. The van der Waals surface area contributed by atoms with Crippen molar-refractivity contribution in [2.45, 2.75) is 33.2 Å². The summed E-state index contributed by atoms with van der Waals surface area (Å²) in [5, 5.41) is 3.12. The van der Waals surface area contributed by atoms with E-state index in [1.165, 1.54) is 12.0 Å². The van der Waals surface area contributed by atoms with Gasteiger partial charge in [0.05, 0.1) is 24.8 Å². The molecular formula is C21H22N2O4. The first-order valence-electron chi connectivity index (χ1n) is 8.71. The van der Waals surface area contributed by atoms with E-state index in [0.717, 1.165) is 16.7 Å². The third kappa shape index (κ3) is 3.56. The lowest BCUT2D eigenvalue weighted by atomic mass is 10.1. The van der Waals surface area contributed by atoms with Crippen LogP contribution < -0.4 is 10.2 Å². The number of nitrogens with one attached hydrogen (secondary N) is 1. The number of amides is 2. The van der Waals surface area contributed by atoms with Crippen molar-refractivity contribution in [1.82, 2.24) is 0 Å². The standard InChI is InChI=1S/C21H22N2O4/c1-12-5-8-18(14(3)9-12)23-19(24)11-17(20(23)25)22-16-10-15(21(26)27-4)7-6-13(16)2/h5-10,17,22H,11H2,1-4H3. The Bertz CT molecular complexity index is 936. The maximum atomic E-state index is 12.9. The monoisotopic (exact) mass is 366 g/mol. The Kier molecular flexibility index (Phi) is 4.99. The van der Waals surface area contributed by atoms with Crippen LogP contribution in [0.2, 0.25) is 0 Å². The summed E-state index contributed by atoms with van der Waals surface area (Å²) >= 11 is 0. The number of imide groups is 1. The Morgan fingerprint density at radius 3 is 2.48 bits per heavy atom. The van der Waals surface area contributed by atoms with Crippen LogP contribution in [-0.2, 0) is 14.3 Å². The molecule has 0 saturated carbocycles. The van der Waals surface area contributed by atoms with Gasteiger partial charge < -0.3 is 10.1 Å². The third-order valence-corrected chi connectivity index (χ3v) is 4.73. The molecule has 1 unspecified atom stereocenters. The summed E-state index contributed by atoms with van der Waals surface area (Å²) in [6.45, 7) is 5.71. The van der Waals surface area contributed by atoms with Gasteiger partial charge in [0.1, 0.15) is 6.04 Å². The number of benzene rings is 2. The van der Waals surface area contributed by atoms with Crippen molar-refractivity contribution in [3.8, 4) is 0 Å². The second-order valence-corrected chi connectivity index (χ2v) is 6.78. The van der Waals surface area contributed by atoms with Crippen molar-refractivity contribution in [3.05, 3.63) is 58.7 Å². The number of carbonyl (C=O) groups is 3. The van der Waals surface area contributed by atoms with Gasteiger partial charge in [-0.3, -0.25) is 9.59 Å². The van der Waals surface area contributed by atoms with Gasteiger partial charge in [-0.25, -0.2) is 9.69 Å². The largest absolute Gasteiger partial charge is 0.465 e. The van der Waals surface area contributed by atoms with Gasteiger partial charge in [0.2, 0.25) is 5.91 Å². The van der Waals surface area contributed by atoms with Gasteiger partial charge in [-0.2, -0.15) is 0 Å². The maximum Gasteiger partial charge on any atom is 0.337 e. The molecule has 1 fully saturated rings. The number of methoxy groups -OCH3 is 1. The molecule has 2 aromatic carbocycles. The second-order valence-electron chi connectivity index (χ2n) is 6.78. The van der Waals surface area contributed by atoms with Crippen LogP contribution in [0.3, 0.4) is 0 Å². The van der Waals surface area contributed by atoms with E-state index in [1.807, 2.05) is 32.9 Å². The molecule has 0 bridgehead atoms. The molecule has 0 radical (unpaired) electrons. The van der Waals surface area contributed by atoms with E-state index < -0.39 is 12.0 Å². The first-order chi connectivity index (χ1) is 12.8. The molecule has 27 heavy (non-hydrogen) atoms. The first-order valence-corrected chi connectivity index (χ1v) is 8.71. The van der Waals surface area contributed by atoms with E-state index in [4.69, 9.17) is 4.74 Å². The van der Waals surface area contributed by atoms with Gasteiger partial charge in [-0.1, -0.05) is 23.8 Å². The molecule has 2 amide bonds. The van der Waals surface area contributed by atoms with Gasteiger partial charge in [0, 0.05) is 5.69 Å². The summed E-state index contributed by atoms with van der Waals surface area (Å²) in [6, 6.07) is 10.0. The molecule has 1 aliphatic heterocycles. The normalized spacial score (nSPS) is 16.6. The van der Waals surface area contributed by atoms with Crippen molar-refractivity contribution >= 4 is 29.2 Å². The number of anilines is 2. The number of carbonyl (C=O) groups excluding carboxylic acids is 3. The van der Waals surface area contributed by atoms with E-state index in [1.54, 1.807) is 24.3 Å².